The molecule has 0 aliphatic heterocycles. The van der Waals surface area contributed by atoms with Gasteiger partial charge in [-0.25, -0.2) is 0 Å². The number of benzene rings is 1. The molecule has 4 heteroatoms. The molecule has 0 amide bonds. The highest BCUT2D eigenvalue weighted by Gasteiger charge is 2.31. The van der Waals surface area contributed by atoms with Gasteiger partial charge in [-0.05, 0) is 17.5 Å². The monoisotopic (exact) mass is 237 g/mol. The minimum Gasteiger partial charge on any atom is -0.394 e. The summed E-state index contributed by atoms with van der Waals surface area (Å²) in [6.07, 6.45) is 1.02. The maximum atomic E-state index is 9.19. The van der Waals surface area contributed by atoms with Crippen LogP contribution in [0.5, 0.6) is 0 Å². The van der Waals surface area contributed by atoms with Gasteiger partial charge in [0.05, 0.1) is 25.4 Å². The fourth-order valence-electron chi connectivity index (χ4n) is 2.20. The largest absolute Gasteiger partial charge is 0.394 e. The van der Waals surface area contributed by atoms with Gasteiger partial charge in [-0.15, -0.1) is 0 Å². The van der Waals surface area contributed by atoms with E-state index in [0.717, 1.165) is 6.42 Å². The second kappa shape index (κ2) is 5.14. The van der Waals surface area contributed by atoms with Gasteiger partial charge in [0, 0.05) is 12.5 Å². The van der Waals surface area contributed by atoms with Crippen molar-refractivity contribution in [3.63, 3.8) is 0 Å². The Hall–Kier alpha value is -0.940. The molecule has 1 aromatic carbocycles. The molecule has 0 radical (unpaired) electrons. The second-order valence-electron chi connectivity index (χ2n) is 4.74. The fraction of sp³-hybridized carbons (Fsp3) is 0.538. The van der Waals surface area contributed by atoms with Crippen LogP contribution in [0.25, 0.3) is 0 Å². The summed E-state index contributed by atoms with van der Waals surface area (Å²) >= 11 is 0. The molecule has 2 rings (SSSR count). The molecular weight excluding hydrogens is 218 g/mol. The van der Waals surface area contributed by atoms with Gasteiger partial charge in [-0.1, -0.05) is 24.3 Å². The molecular formula is C13H19NO3. The van der Waals surface area contributed by atoms with Gasteiger partial charge in [0.15, 0.2) is 0 Å². The van der Waals surface area contributed by atoms with Crippen LogP contribution in [0.15, 0.2) is 24.3 Å². The van der Waals surface area contributed by atoms with E-state index in [1.807, 2.05) is 12.1 Å². The first-order valence-corrected chi connectivity index (χ1v) is 5.90. The molecule has 1 aromatic rings. The van der Waals surface area contributed by atoms with E-state index in [0.29, 0.717) is 12.5 Å². The van der Waals surface area contributed by atoms with E-state index in [9.17, 15) is 15.3 Å². The first-order valence-electron chi connectivity index (χ1n) is 5.90. The zero-order valence-electron chi connectivity index (χ0n) is 9.76. The van der Waals surface area contributed by atoms with Crippen molar-refractivity contribution in [3.8, 4) is 0 Å². The van der Waals surface area contributed by atoms with Gasteiger partial charge in [0.1, 0.15) is 0 Å². The lowest BCUT2D eigenvalue weighted by atomic mass is 9.77. The number of nitrogens with one attached hydrogen (secondary N) is 1. The molecule has 17 heavy (non-hydrogen) atoms. The SMILES string of the molecule is OCC(CO)(CO)NCC1Cc2ccccc21. The highest BCUT2D eigenvalue weighted by Crippen LogP contribution is 2.34. The molecule has 1 atom stereocenters. The third-order valence-electron chi connectivity index (χ3n) is 3.59. The van der Waals surface area contributed by atoms with Crippen molar-refractivity contribution in [1.29, 1.82) is 0 Å². The molecule has 0 saturated carbocycles. The first kappa shape index (κ1) is 12.5. The van der Waals surface area contributed by atoms with Crippen molar-refractivity contribution in [2.45, 2.75) is 17.9 Å². The smallest absolute Gasteiger partial charge is 0.0881 e. The summed E-state index contributed by atoms with van der Waals surface area (Å²) < 4.78 is 0. The molecule has 0 aromatic heterocycles. The standard InChI is InChI=1S/C13H19NO3/c15-7-13(8-16,9-17)14-6-11-5-10-3-1-2-4-12(10)11/h1-4,11,14-17H,5-9H2. The normalized spacial score (nSPS) is 18.6. The maximum absolute atomic E-state index is 9.19. The Labute approximate surface area is 101 Å². The minimum atomic E-state index is -0.968. The third-order valence-corrected chi connectivity index (χ3v) is 3.59. The van der Waals surface area contributed by atoms with Crippen molar-refractivity contribution < 1.29 is 15.3 Å². The second-order valence-corrected chi connectivity index (χ2v) is 4.74. The number of hydrogen-bond donors (Lipinski definition) is 4. The van der Waals surface area contributed by atoms with Crippen LogP contribution in [0.3, 0.4) is 0 Å². The average Bonchev–Trinajstić information content (AvgIpc) is 2.36. The summed E-state index contributed by atoms with van der Waals surface area (Å²) in [5.74, 6) is 0.412. The summed E-state index contributed by atoms with van der Waals surface area (Å²) in [5.41, 5.74) is 1.72. The summed E-state index contributed by atoms with van der Waals surface area (Å²) in [6, 6.07) is 8.26. The van der Waals surface area contributed by atoms with Crippen LogP contribution in [0.4, 0.5) is 0 Å². The van der Waals surface area contributed by atoms with Gasteiger partial charge in [0.25, 0.3) is 0 Å². The number of hydrogen-bond acceptors (Lipinski definition) is 4. The Morgan fingerprint density at radius 1 is 1.12 bits per heavy atom. The Bertz CT molecular complexity index is 368. The lowest BCUT2D eigenvalue weighted by molar-refractivity contribution is 0.0412. The average molecular weight is 237 g/mol. The van der Waals surface area contributed by atoms with Crippen LogP contribution in [0, 0.1) is 0 Å². The van der Waals surface area contributed by atoms with Crippen molar-refractivity contribution in [2.24, 2.45) is 0 Å². The Morgan fingerprint density at radius 3 is 2.35 bits per heavy atom. The van der Waals surface area contributed by atoms with Crippen LogP contribution in [0.2, 0.25) is 0 Å². The lowest BCUT2D eigenvalue weighted by Gasteiger charge is -2.35. The van der Waals surface area contributed by atoms with Crippen LogP contribution in [0.1, 0.15) is 17.0 Å². The van der Waals surface area contributed by atoms with Crippen molar-refractivity contribution >= 4 is 0 Å². The Morgan fingerprint density at radius 2 is 1.76 bits per heavy atom. The first-order chi connectivity index (χ1) is 8.24. The van der Waals surface area contributed by atoms with Gasteiger partial charge < -0.3 is 20.6 Å². The van der Waals surface area contributed by atoms with Gasteiger partial charge >= 0.3 is 0 Å². The van der Waals surface area contributed by atoms with E-state index in [1.54, 1.807) is 0 Å². The maximum Gasteiger partial charge on any atom is 0.0881 e. The Balaban J connectivity index is 1.92. The van der Waals surface area contributed by atoms with E-state index in [1.165, 1.54) is 11.1 Å². The third kappa shape index (κ3) is 2.35. The quantitative estimate of drug-likeness (QED) is 0.545. The minimum absolute atomic E-state index is 0.269. The van der Waals surface area contributed by atoms with E-state index < -0.39 is 5.54 Å². The zero-order chi connectivity index (χ0) is 12.3. The number of aliphatic hydroxyl groups is 3. The fourth-order valence-corrected chi connectivity index (χ4v) is 2.20. The van der Waals surface area contributed by atoms with Crippen LogP contribution < -0.4 is 5.32 Å². The number of fused-ring (bicyclic) bond motifs is 1. The van der Waals surface area contributed by atoms with Crippen LogP contribution in [-0.4, -0.2) is 47.2 Å². The summed E-state index contributed by atoms with van der Waals surface area (Å²) in [7, 11) is 0. The summed E-state index contributed by atoms with van der Waals surface area (Å²) in [4.78, 5) is 0. The molecule has 1 aliphatic carbocycles. The summed E-state index contributed by atoms with van der Waals surface area (Å²) in [5, 5.41) is 30.7. The lowest BCUT2D eigenvalue weighted by Crippen LogP contribution is -2.56. The molecule has 1 aliphatic rings. The van der Waals surface area contributed by atoms with Crippen molar-refractivity contribution in [3.05, 3.63) is 35.4 Å². The molecule has 0 fully saturated rings. The predicted octanol–water partition coefficient (Wildman–Crippen LogP) is -0.368. The van der Waals surface area contributed by atoms with E-state index in [4.69, 9.17) is 0 Å². The highest BCUT2D eigenvalue weighted by molar-refractivity contribution is 5.40. The molecule has 0 bridgehead atoms. The van der Waals surface area contributed by atoms with Gasteiger partial charge in [-0.3, -0.25) is 0 Å². The van der Waals surface area contributed by atoms with Crippen LogP contribution in [-0.2, 0) is 6.42 Å². The molecule has 1 unspecified atom stereocenters. The molecule has 0 spiro atoms. The molecule has 0 heterocycles. The summed E-state index contributed by atoms with van der Waals surface area (Å²) in [6.45, 7) is -0.143. The van der Waals surface area contributed by atoms with E-state index in [-0.39, 0.29) is 19.8 Å². The zero-order valence-corrected chi connectivity index (χ0v) is 9.76. The molecule has 4 N–H and O–H groups in total. The predicted molar refractivity (Wildman–Crippen MR) is 64.9 cm³/mol. The van der Waals surface area contributed by atoms with E-state index in [2.05, 4.69) is 17.4 Å². The molecule has 94 valence electrons. The number of rotatable bonds is 6. The number of aliphatic hydroxyl groups excluding tert-OH is 3. The van der Waals surface area contributed by atoms with E-state index >= 15 is 0 Å². The van der Waals surface area contributed by atoms with Gasteiger partial charge in [0.2, 0.25) is 0 Å². The Kier molecular flexibility index (Phi) is 3.79. The van der Waals surface area contributed by atoms with Crippen molar-refractivity contribution in [1.82, 2.24) is 5.32 Å². The topological polar surface area (TPSA) is 72.7 Å². The molecule has 0 saturated heterocycles. The van der Waals surface area contributed by atoms with Crippen LogP contribution >= 0.6 is 0 Å². The molecule has 4 nitrogen and oxygen atoms in total. The highest BCUT2D eigenvalue weighted by atomic mass is 16.3. The van der Waals surface area contributed by atoms with Crippen molar-refractivity contribution in [2.75, 3.05) is 26.4 Å². The van der Waals surface area contributed by atoms with Gasteiger partial charge in [-0.2, -0.15) is 0 Å².